The number of ketones is 1. The Labute approximate surface area is 143 Å². The van der Waals surface area contributed by atoms with E-state index in [9.17, 15) is 4.79 Å². The third-order valence-corrected chi connectivity index (χ3v) is 9.40. The van der Waals surface area contributed by atoms with Gasteiger partial charge < -0.3 is 0 Å². The number of carbonyl (C=O) groups is 1. The number of Topliss-reactive ketones (excluding diaryl/α,β-unsaturated/α-hetero) is 1. The van der Waals surface area contributed by atoms with Gasteiger partial charge in [0.15, 0.2) is 0 Å². The number of hydrogen-bond acceptors (Lipinski definition) is 1. The van der Waals surface area contributed by atoms with Crippen LogP contribution in [0.25, 0.3) is 0 Å². The summed E-state index contributed by atoms with van der Waals surface area (Å²) < 4.78 is 0. The summed E-state index contributed by atoms with van der Waals surface area (Å²) in [6.45, 7) is 7.20. The maximum absolute atomic E-state index is 12.5. The molecule has 0 N–H and O–H groups in total. The van der Waals surface area contributed by atoms with Crippen LogP contribution in [0.3, 0.4) is 0 Å². The standard InChI is InChI=1S/C20H29BrO/c1-12-10-13-4-5-14-15-6-7-18(22)19(15,2)9-8-16(14)20(13,3)17(21)11-12/h4,12,14-17H,5-11H2,1-3H3/t12-,14+,15+,16+,17?,19+,20+/m1/s1. The summed E-state index contributed by atoms with van der Waals surface area (Å²) >= 11 is 4.08. The maximum atomic E-state index is 12.5. The maximum Gasteiger partial charge on any atom is 0.139 e. The molecule has 0 bridgehead atoms. The van der Waals surface area contributed by atoms with E-state index < -0.39 is 0 Å². The minimum atomic E-state index is 0.00659. The highest BCUT2D eigenvalue weighted by Crippen LogP contribution is 2.65. The van der Waals surface area contributed by atoms with Crippen molar-refractivity contribution in [3.8, 4) is 0 Å². The molecule has 0 saturated heterocycles. The first kappa shape index (κ1) is 15.4. The molecule has 0 spiro atoms. The van der Waals surface area contributed by atoms with Crippen LogP contribution < -0.4 is 0 Å². The van der Waals surface area contributed by atoms with Crippen molar-refractivity contribution in [3.05, 3.63) is 11.6 Å². The molecule has 4 rings (SSSR count). The predicted molar refractivity (Wildman–Crippen MR) is 94.0 cm³/mol. The van der Waals surface area contributed by atoms with Crippen LogP contribution in [0.1, 0.15) is 65.7 Å². The van der Waals surface area contributed by atoms with E-state index in [4.69, 9.17) is 0 Å². The largest absolute Gasteiger partial charge is 0.299 e. The molecule has 0 radical (unpaired) electrons. The molecular weight excluding hydrogens is 336 g/mol. The Morgan fingerprint density at radius 2 is 2.00 bits per heavy atom. The van der Waals surface area contributed by atoms with Crippen LogP contribution in [-0.2, 0) is 4.79 Å². The molecule has 0 heterocycles. The zero-order chi connectivity index (χ0) is 15.7. The molecule has 1 nitrogen and oxygen atoms in total. The summed E-state index contributed by atoms with van der Waals surface area (Å²) in [6, 6.07) is 0. The first-order chi connectivity index (χ1) is 10.4. The molecule has 0 aromatic carbocycles. The molecule has 4 aliphatic rings. The van der Waals surface area contributed by atoms with Gasteiger partial charge in [0.2, 0.25) is 0 Å². The van der Waals surface area contributed by atoms with E-state index in [0.717, 1.165) is 37.0 Å². The van der Waals surface area contributed by atoms with Crippen LogP contribution in [0.5, 0.6) is 0 Å². The SMILES string of the molecule is C[C@@H]1CC2=CC[C@H]3[C@@H]4CCC(=O)[C@@]4(C)CC[C@@H]3[C@@]2(C)C(Br)C1. The fraction of sp³-hybridized carbons (Fsp3) is 0.850. The van der Waals surface area contributed by atoms with Crippen LogP contribution in [0.15, 0.2) is 11.6 Å². The van der Waals surface area contributed by atoms with Gasteiger partial charge in [-0.25, -0.2) is 0 Å². The number of halogens is 1. The number of hydrogen-bond donors (Lipinski definition) is 0. The summed E-state index contributed by atoms with van der Waals surface area (Å²) in [4.78, 5) is 13.1. The molecule has 3 fully saturated rings. The highest BCUT2D eigenvalue weighted by atomic mass is 79.9. The van der Waals surface area contributed by atoms with Gasteiger partial charge in [0.1, 0.15) is 5.78 Å². The number of allylic oxidation sites excluding steroid dienone is 2. The van der Waals surface area contributed by atoms with E-state index in [1.54, 1.807) is 5.57 Å². The fourth-order valence-corrected chi connectivity index (χ4v) is 7.93. The van der Waals surface area contributed by atoms with Gasteiger partial charge in [-0.3, -0.25) is 4.79 Å². The van der Waals surface area contributed by atoms with Crippen molar-refractivity contribution in [3.63, 3.8) is 0 Å². The number of rotatable bonds is 0. The Morgan fingerprint density at radius 1 is 1.23 bits per heavy atom. The van der Waals surface area contributed by atoms with Gasteiger partial charge in [-0.1, -0.05) is 48.4 Å². The average Bonchev–Trinajstić information content (AvgIpc) is 2.77. The smallest absolute Gasteiger partial charge is 0.139 e. The highest BCUT2D eigenvalue weighted by Gasteiger charge is 2.60. The lowest BCUT2D eigenvalue weighted by atomic mass is 9.47. The van der Waals surface area contributed by atoms with Crippen LogP contribution in [0, 0.1) is 34.5 Å². The van der Waals surface area contributed by atoms with Gasteiger partial charge in [-0.2, -0.15) is 0 Å². The predicted octanol–water partition coefficient (Wildman–Crippen LogP) is 5.53. The second-order valence-electron chi connectivity index (χ2n) is 9.06. The van der Waals surface area contributed by atoms with Gasteiger partial charge in [-0.15, -0.1) is 0 Å². The van der Waals surface area contributed by atoms with E-state index in [0.29, 0.717) is 21.9 Å². The van der Waals surface area contributed by atoms with Crippen molar-refractivity contribution in [2.75, 3.05) is 0 Å². The number of fused-ring (bicyclic) bond motifs is 5. The normalized spacial score (nSPS) is 54.3. The molecule has 0 aromatic rings. The van der Waals surface area contributed by atoms with Crippen molar-refractivity contribution in [2.24, 2.45) is 34.5 Å². The number of alkyl halides is 1. The van der Waals surface area contributed by atoms with Crippen LogP contribution >= 0.6 is 15.9 Å². The molecule has 3 saturated carbocycles. The molecule has 1 unspecified atom stereocenters. The Kier molecular flexibility index (Phi) is 3.46. The third kappa shape index (κ3) is 1.85. The zero-order valence-corrected chi connectivity index (χ0v) is 15.8. The van der Waals surface area contributed by atoms with Gasteiger partial charge in [0.05, 0.1) is 0 Å². The van der Waals surface area contributed by atoms with Crippen molar-refractivity contribution in [1.29, 1.82) is 0 Å². The van der Waals surface area contributed by atoms with Crippen molar-refractivity contribution in [2.45, 2.75) is 70.5 Å². The summed E-state index contributed by atoms with van der Waals surface area (Å²) in [5, 5.41) is 0. The molecule has 7 atom stereocenters. The average molecular weight is 365 g/mol. The minimum absolute atomic E-state index is 0.00659. The minimum Gasteiger partial charge on any atom is -0.299 e. The second-order valence-corrected chi connectivity index (χ2v) is 10.2. The van der Waals surface area contributed by atoms with E-state index in [-0.39, 0.29) is 5.41 Å². The lowest BCUT2D eigenvalue weighted by Crippen LogP contribution is -2.53. The lowest BCUT2D eigenvalue weighted by Gasteiger charge is -2.58. The molecule has 0 aliphatic heterocycles. The lowest BCUT2D eigenvalue weighted by molar-refractivity contribution is -0.131. The van der Waals surface area contributed by atoms with Gasteiger partial charge in [0, 0.05) is 22.1 Å². The third-order valence-electron chi connectivity index (χ3n) is 8.07. The van der Waals surface area contributed by atoms with Crippen LogP contribution in [-0.4, -0.2) is 10.6 Å². The Balaban J connectivity index is 1.72. The molecule has 2 heteroatoms. The van der Waals surface area contributed by atoms with Gasteiger partial charge in [-0.05, 0) is 62.2 Å². The first-order valence-corrected chi connectivity index (χ1v) is 10.2. The van der Waals surface area contributed by atoms with Crippen molar-refractivity contribution >= 4 is 21.7 Å². The molecular formula is C20H29BrO. The molecule has 22 heavy (non-hydrogen) atoms. The quantitative estimate of drug-likeness (QED) is 0.408. The second kappa shape index (κ2) is 4.94. The van der Waals surface area contributed by atoms with Crippen molar-refractivity contribution < 1.29 is 4.79 Å². The Hall–Kier alpha value is -0.110. The van der Waals surface area contributed by atoms with E-state index in [2.05, 4.69) is 42.8 Å². The Morgan fingerprint density at radius 3 is 2.77 bits per heavy atom. The number of carbonyl (C=O) groups excluding carboxylic acids is 1. The monoisotopic (exact) mass is 364 g/mol. The first-order valence-electron chi connectivity index (χ1n) is 9.24. The Bertz CT molecular complexity index is 538. The van der Waals surface area contributed by atoms with Crippen molar-refractivity contribution in [1.82, 2.24) is 0 Å². The van der Waals surface area contributed by atoms with Gasteiger partial charge >= 0.3 is 0 Å². The topological polar surface area (TPSA) is 17.1 Å². The van der Waals surface area contributed by atoms with E-state index in [1.807, 2.05) is 0 Å². The molecule has 0 amide bonds. The molecule has 0 aromatic heterocycles. The van der Waals surface area contributed by atoms with Crippen LogP contribution in [0.4, 0.5) is 0 Å². The summed E-state index contributed by atoms with van der Waals surface area (Å²) in [7, 11) is 0. The molecule has 122 valence electrons. The fourth-order valence-electron chi connectivity index (χ4n) is 6.66. The summed E-state index contributed by atoms with van der Waals surface area (Å²) in [5.41, 5.74) is 2.07. The van der Waals surface area contributed by atoms with Gasteiger partial charge in [0.25, 0.3) is 0 Å². The highest BCUT2D eigenvalue weighted by molar-refractivity contribution is 9.09. The van der Waals surface area contributed by atoms with Crippen LogP contribution in [0.2, 0.25) is 0 Å². The summed E-state index contributed by atoms with van der Waals surface area (Å²) in [6.07, 6.45) is 10.8. The molecule has 4 aliphatic carbocycles. The van der Waals surface area contributed by atoms with E-state index in [1.165, 1.54) is 25.7 Å². The zero-order valence-electron chi connectivity index (χ0n) is 14.2. The van der Waals surface area contributed by atoms with E-state index >= 15 is 0 Å². The summed E-state index contributed by atoms with van der Waals surface area (Å²) in [5.74, 6) is 3.54.